The molecule has 0 spiro atoms. The quantitative estimate of drug-likeness (QED) is 0.838. The lowest BCUT2D eigenvalue weighted by Crippen LogP contribution is -2.49. The summed E-state index contributed by atoms with van der Waals surface area (Å²) in [7, 11) is 0. The molecule has 3 aliphatic rings. The van der Waals surface area contributed by atoms with Gasteiger partial charge in [-0.05, 0) is 43.4 Å². The number of carbonyl (C=O) groups is 2. The van der Waals surface area contributed by atoms with Crippen molar-refractivity contribution in [3.8, 4) is 0 Å². The number of nitrogens with one attached hydrogen (secondary N) is 1. The van der Waals surface area contributed by atoms with Crippen LogP contribution in [0, 0.1) is 23.2 Å². The van der Waals surface area contributed by atoms with Crippen LogP contribution in [0.1, 0.15) is 52.9 Å². The smallest absolute Gasteiger partial charge is 0.310 e. The molecule has 5 nitrogen and oxygen atoms in total. The topological polar surface area (TPSA) is 75.6 Å². The van der Waals surface area contributed by atoms with Crippen LogP contribution in [0.15, 0.2) is 0 Å². The van der Waals surface area contributed by atoms with Crippen LogP contribution in [0.25, 0.3) is 0 Å². The van der Waals surface area contributed by atoms with Crippen LogP contribution >= 0.6 is 0 Å². The minimum absolute atomic E-state index is 0.116. The number of ether oxygens (including phenoxy) is 1. The van der Waals surface area contributed by atoms with Gasteiger partial charge in [-0.15, -0.1) is 0 Å². The zero-order valence-electron chi connectivity index (χ0n) is 13.7. The van der Waals surface area contributed by atoms with E-state index in [4.69, 9.17) is 4.74 Å². The third kappa shape index (κ3) is 2.87. The van der Waals surface area contributed by atoms with E-state index >= 15 is 0 Å². The van der Waals surface area contributed by atoms with E-state index in [1.165, 1.54) is 6.42 Å². The van der Waals surface area contributed by atoms with E-state index in [1.807, 2.05) is 0 Å². The van der Waals surface area contributed by atoms with E-state index in [1.54, 1.807) is 0 Å². The number of carbonyl (C=O) groups excluding carboxylic acids is 1. The lowest BCUT2D eigenvalue weighted by Gasteiger charge is -2.40. The van der Waals surface area contributed by atoms with Gasteiger partial charge >= 0.3 is 5.97 Å². The zero-order valence-corrected chi connectivity index (χ0v) is 13.7. The molecule has 1 saturated carbocycles. The minimum atomic E-state index is -0.898. The number of carboxylic acid groups (broad SMARTS) is 1. The number of rotatable bonds is 3. The maximum absolute atomic E-state index is 12.7. The van der Waals surface area contributed by atoms with Gasteiger partial charge in [0.15, 0.2) is 0 Å². The zero-order chi connectivity index (χ0) is 16.1. The second kappa shape index (κ2) is 5.52. The first-order valence-electron chi connectivity index (χ1n) is 8.45. The highest BCUT2D eigenvalue weighted by Gasteiger charge is 2.55. The standard InChI is InChI=1S/C17H27NO4/c1-9-6-10(8-17(2,3)7-9)18-15(19)13-11-4-5-12(22-11)14(13)16(20)21/h9-14H,4-8H2,1-3H3,(H,18,19)(H,20,21)/t9-,10-,11+,12-,13-,14+/m1/s1. The fraction of sp³-hybridized carbons (Fsp3) is 0.882. The Bertz CT molecular complexity index is 475. The van der Waals surface area contributed by atoms with Crippen molar-refractivity contribution in [1.29, 1.82) is 0 Å². The van der Waals surface area contributed by atoms with Gasteiger partial charge in [-0.25, -0.2) is 0 Å². The summed E-state index contributed by atoms with van der Waals surface area (Å²) in [5.74, 6) is -1.62. The molecule has 2 bridgehead atoms. The Morgan fingerprint density at radius 3 is 2.36 bits per heavy atom. The Morgan fingerprint density at radius 1 is 1.14 bits per heavy atom. The fourth-order valence-electron chi connectivity index (χ4n) is 5.08. The fourth-order valence-corrected chi connectivity index (χ4v) is 5.08. The molecule has 1 aliphatic carbocycles. The van der Waals surface area contributed by atoms with Crippen LogP contribution in [-0.2, 0) is 14.3 Å². The summed E-state index contributed by atoms with van der Waals surface area (Å²) >= 11 is 0. The molecule has 22 heavy (non-hydrogen) atoms. The minimum Gasteiger partial charge on any atom is -0.481 e. The average Bonchev–Trinajstić information content (AvgIpc) is 2.95. The molecule has 0 radical (unpaired) electrons. The summed E-state index contributed by atoms with van der Waals surface area (Å²) in [6, 6.07) is 0.153. The second-order valence-electron chi connectivity index (χ2n) is 8.30. The Morgan fingerprint density at radius 2 is 1.77 bits per heavy atom. The third-order valence-electron chi connectivity index (χ3n) is 5.59. The SMILES string of the molecule is C[C@@H]1C[C@@H](NC(=O)[C@H]2[C@@H](C(=O)O)[C@H]3CC[C@@H]2O3)CC(C)(C)C1. The normalized spacial score (nSPS) is 43.0. The van der Waals surface area contributed by atoms with Crippen molar-refractivity contribution in [2.24, 2.45) is 23.2 Å². The lowest BCUT2D eigenvalue weighted by atomic mass is 9.70. The van der Waals surface area contributed by atoms with Crippen LogP contribution in [-0.4, -0.2) is 35.2 Å². The van der Waals surface area contributed by atoms with Gasteiger partial charge in [-0.2, -0.15) is 0 Å². The summed E-state index contributed by atoms with van der Waals surface area (Å²) < 4.78 is 5.69. The molecule has 3 rings (SSSR count). The number of amides is 1. The number of carboxylic acids is 1. The molecular formula is C17H27NO4. The van der Waals surface area contributed by atoms with Crippen LogP contribution in [0.3, 0.4) is 0 Å². The molecule has 2 N–H and O–H groups in total. The molecule has 3 fully saturated rings. The van der Waals surface area contributed by atoms with Gasteiger partial charge in [-0.3, -0.25) is 9.59 Å². The number of hydrogen-bond donors (Lipinski definition) is 2. The number of hydrogen-bond acceptors (Lipinski definition) is 3. The van der Waals surface area contributed by atoms with Crippen LogP contribution in [0.4, 0.5) is 0 Å². The molecule has 5 heteroatoms. The predicted molar refractivity (Wildman–Crippen MR) is 81.2 cm³/mol. The van der Waals surface area contributed by atoms with Crippen molar-refractivity contribution in [2.75, 3.05) is 0 Å². The highest BCUT2D eigenvalue weighted by molar-refractivity contribution is 5.86. The summed E-state index contributed by atoms with van der Waals surface area (Å²) in [5.41, 5.74) is 0.229. The first-order chi connectivity index (χ1) is 10.3. The van der Waals surface area contributed by atoms with Crippen molar-refractivity contribution < 1.29 is 19.4 Å². The van der Waals surface area contributed by atoms with Gasteiger partial charge < -0.3 is 15.2 Å². The monoisotopic (exact) mass is 309 g/mol. The van der Waals surface area contributed by atoms with Crippen molar-refractivity contribution in [2.45, 2.75) is 71.1 Å². The average molecular weight is 309 g/mol. The summed E-state index contributed by atoms with van der Waals surface area (Å²) in [4.78, 5) is 24.2. The van der Waals surface area contributed by atoms with Gasteiger partial charge in [0.2, 0.25) is 5.91 Å². The van der Waals surface area contributed by atoms with Crippen molar-refractivity contribution in [1.82, 2.24) is 5.32 Å². The van der Waals surface area contributed by atoms with E-state index in [9.17, 15) is 14.7 Å². The molecule has 6 atom stereocenters. The number of aliphatic carboxylic acids is 1. The molecule has 0 aromatic rings. The van der Waals surface area contributed by atoms with Gasteiger partial charge in [0.05, 0.1) is 24.0 Å². The second-order valence-corrected chi connectivity index (χ2v) is 8.30. The molecule has 124 valence electrons. The van der Waals surface area contributed by atoms with E-state index in [-0.39, 0.29) is 29.6 Å². The molecule has 0 aromatic heterocycles. The van der Waals surface area contributed by atoms with Crippen LogP contribution < -0.4 is 5.32 Å². The molecular weight excluding hydrogens is 282 g/mol. The van der Waals surface area contributed by atoms with E-state index < -0.39 is 17.8 Å². The van der Waals surface area contributed by atoms with Crippen molar-refractivity contribution in [3.05, 3.63) is 0 Å². The van der Waals surface area contributed by atoms with Crippen molar-refractivity contribution >= 4 is 11.9 Å². The Kier molecular flexibility index (Phi) is 3.96. The largest absolute Gasteiger partial charge is 0.481 e. The van der Waals surface area contributed by atoms with Crippen LogP contribution in [0.5, 0.6) is 0 Å². The van der Waals surface area contributed by atoms with E-state index in [0.717, 1.165) is 25.7 Å². The molecule has 2 heterocycles. The summed E-state index contributed by atoms with van der Waals surface area (Å²) in [6.45, 7) is 6.70. The Labute approximate surface area is 131 Å². The van der Waals surface area contributed by atoms with E-state index in [2.05, 4.69) is 26.1 Å². The molecule has 1 amide bonds. The van der Waals surface area contributed by atoms with Gasteiger partial charge in [0, 0.05) is 6.04 Å². The van der Waals surface area contributed by atoms with Gasteiger partial charge in [-0.1, -0.05) is 20.8 Å². The number of fused-ring (bicyclic) bond motifs is 2. The van der Waals surface area contributed by atoms with Gasteiger partial charge in [0.25, 0.3) is 0 Å². The maximum atomic E-state index is 12.7. The Hall–Kier alpha value is -1.10. The summed E-state index contributed by atoms with van der Waals surface area (Å²) in [5, 5.41) is 12.6. The first-order valence-corrected chi connectivity index (χ1v) is 8.45. The summed E-state index contributed by atoms with van der Waals surface area (Å²) in [6.07, 6.45) is 4.20. The first kappa shape index (κ1) is 15.8. The molecule has 2 aliphatic heterocycles. The molecule has 0 unspecified atom stereocenters. The third-order valence-corrected chi connectivity index (χ3v) is 5.59. The molecule has 2 saturated heterocycles. The van der Waals surface area contributed by atoms with Crippen LogP contribution in [0.2, 0.25) is 0 Å². The lowest BCUT2D eigenvalue weighted by molar-refractivity contribution is -0.148. The highest BCUT2D eigenvalue weighted by Crippen LogP contribution is 2.44. The van der Waals surface area contributed by atoms with E-state index in [0.29, 0.717) is 5.92 Å². The van der Waals surface area contributed by atoms with Gasteiger partial charge in [0.1, 0.15) is 0 Å². The molecule has 0 aromatic carbocycles. The Balaban J connectivity index is 1.68. The predicted octanol–water partition coefficient (Wildman–Crippen LogP) is 2.20. The van der Waals surface area contributed by atoms with Crippen molar-refractivity contribution in [3.63, 3.8) is 0 Å². The highest BCUT2D eigenvalue weighted by atomic mass is 16.5. The maximum Gasteiger partial charge on any atom is 0.310 e.